The highest BCUT2D eigenvalue weighted by atomic mass is 16.5. The van der Waals surface area contributed by atoms with Crippen LogP contribution in [0, 0.1) is 0 Å². The van der Waals surface area contributed by atoms with Crippen molar-refractivity contribution < 1.29 is 23.4 Å². The standard InChI is InChI=1S/C17H23NO5/c1-4-22-14-7-5-6-13-10-15(23-17(13)14)12(2)18-16(19)11-21-9-8-20-3/h5-7,10,12H,4,8-9,11H2,1-3H3,(H,18,19). The number of amides is 1. The van der Waals surface area contributed by atoms with E-state index in [-0.39, 0.29) is 18.6 Å². The lowest BCUT2D eigenvalue weighted by atomic mass is 10.2. The average molecular weight is 321 g/mol. The fraction of sp³-hybridized carbons (Fsp3) is 0.471. The summed E-state index contributed by atoms with van der Waals surface area (Å²) in [6, 6.07) is 7.39. The summed E-state index contributed by atoms with van der Waals surface area (Å²) in [5, 5.41) is 3.79. The average Bonchev–Trinajstić information content (AvgIpc) is 2.97. The maximum Gasteiger partial charge on any atom is 0.246 e. The first kappa shape index (κ1) is 17.3. The van der Waals surface area contributed by atoms with Crippen LogP contribution in [-0.2, 0) is 14.3 Å². The second-order valence-electron chi connectivity index (χ2n) is 5.09. The quantitative estimate of drug-likeness (QED) is 0.719. The van der Waals surface area contributed by atoms with Crippen molar-refractivity contribution in [1.29, 1.82) is 0 Å². The minimum absolute atomic E-state index is 0.00186. The van der Waals surface area contributed by atoms with Crippen LogP contribution in [0.1, 0.15) is 25.6 Å². The maximum absolute atomic E-state index is 11.8. The van der Waals surface area contributed by atoms with Crippen LogP contribution in [0.2, 0.25) is 0 Å². The topological polar surface area (TPSA) is 69.9 Å². The molecule has 1 unspecified atom stereocenters. The Balaban J connectivity index is 1.99. The number of para-hydroxylation sites is 1. The van der Waals surface area contributed by atoms with Crippen LogP contribution in [-0.4, -0.2) is 39.4 Å². The van der Waals surface area contributed by atoms with Crippen molar-refractivity contribution in [2.45, 2.75) is 19.9 Å². The summed E-state index contributed by atoms with van der Waals surface area (Å²) in [6.45, 7) is 5.21. The van der Waals surface area contributed by atoms with Crippen LogP contribution in [0.4, 0.5) is 0 Å². The van der Waals surface area contributed by atoms with Gasteiger partial charge in [-0.3, -0.25) is 4.79 Å². The number of furan rings is 1. The highest BCUT2D eigenvalue weighted by molar-refractivity contribution is 5.84. The number of carbonyl (C=O) groups excluding carboxylic acids is 1. The molecule has 0 aliphatic carbocycles. The summed E-state index contributed by atoms with van der Waals surface area (Å²) in [6.07, 6.45) is 0. The summed E-state index contributed by atoms with van der Waals surface area (Å²) < 4.78 is 21.5. The van der Waals surface area contributed by atoms with Gasteiger partial charge in [-0.2, -0.15) is 0 Å². The fourth-order valence-electron chi connectivity index (χ4n) is 2.20. The lowest BCUT2D eigenvalue weighted by Crippen LogP contribution is -2.30. The number of rotatable bonds is 9. The van der Waals surface area contributed by atoms with E-state index in [9.17, 15) is 4.79 Å². The van der Waals surface area contributed by atoms with E-state index in [0.29, 0.717) is 36.9 Å². The number of nitrogens with one attached hydrogen (secondary N) is 1. The van der Waals surface area contributed by atoms with Crippen molar-refractivity contribution in [3.63, 3.8) is 0 Å². The molecule has 0 saturated heterocycles. The Bertz CT molecular complexity index is 637. The predicted molar refractivity (Wildman–Crippen MR) is 86.6 cm³/mol. The van der Waals surface area contributed by atoms with E-state index in [0.717, 1.165) is 5.39 Å². The van der Waals surface area contributed by atoms with Crippen LogP contribution in [0.5, 0.6) is 5.75 Å². The van der Waals surface area contributed by atoms with Crippen LogP contribution in [0.15, 0.2) is 28.7 Å². The summed E-state index contributed by atoms with van der Waals surface area (Å²) in [4.78, 5) is 11.8. The molecule has 0 fully saturated rings. The third-order valence-electron chi connectivity index (χ3n) is 3.30. The zero-order valence-corrected chi connectivity index (χ0v) is 13.8. The SMILES string of the molecule is CCOc1cccc2cc(C(C)NC(=O)COCCOC)oc12. The van der Waals surface area contributed by atoms with Gasteiger partial charge < -0.3 is 23.9 Å². The third-order valence-corrected chi connectivity index (χ3v) is 3.30. The monoisotopic (exact) mass is 321 g/mol. The van der Waals surface area contributed by atoms with Gasteiger partial charge >= 0.3 is 0 Å². The van der Waals surface area contributed by atoms with E-state index in [2.05, 4.69) is 5.32 Å². The molecule has 1 aromatic carbocycles. The van der Waals surface area contributed by atoms with Gasteiger partial charge in [0.05, 0.1) is 25.9 Å². The van der Waals surface area contributed by atoms with Gasteiger partial charge in [0.1, 0.15) is 12.4 Å². The molecule has 0 radical (unpaired) electrons. The second-order valence-corrected chi connectivity index (χ2v) is 5.09. The molecule has 1 N–H and O–H groups in total. The van der Waals surface area contributed by atoms with Crippen LogP contribution in [0.3, 0.4) is 0 Å². The van der Waals surface area contributed by atoms with Crippen LogP contribution >= 0.6 is 0 Å². The normalized spacial score (nSPS) is 12.3. The molecular formula is C17H23NO5. The molecule has 2 aromatic rings. The Hall–Kier alpha value is -2.05. The highest BCUT2D eigenvalue weighted by Gasteiger charge is 2.16. The molecule has 6 heteroatoms. The number of ether oxygens (including phenoxy) is 3. The van der Waals surface area contributed by atoms with Crippen molar-refractivity contribution in [1.82, 2.24) is 5.32 Å². The molecule has 2 rings (SSSR count). The molecule has 1 amide bonds. The Morgan fingerprint density at radius 2 is 2.17 bits per heavy atom. The summed E-state index contributed by atoms with van der Waals surface area (Å²) in [5.41, 5.74) is 0.696. The molecule has 0 bridgehead atoms. The molecule has 0 aliphatic heterocycles. The van der Waals surface area contributed by atoms with Gasteiger partial charge in [0.25, 0.3) is 0 Å². The first-order valence-electron chi connectivity index (χ1n) is 7.67. The lowest BCUT2D eigenvalue weighted by molar-refractivity contribution is -0.126. The number of hydrogen-bond donors (Lipinski definition) is 1. The lowest BCUT2D eigenvalue weighted by Gasteiger charge is -2.11. The molecule has 23 heavy (non-hydrogen) atoms. The third kappa shape index (κ3) is 4.71. The van der Waals surface area contributed by atoms with Gasteiger partial charge in [-0.1, -0.05) is 12.1 Å². The number of benzene rings is 1. The van der Waals surface area contributed by atoms with E-state index in [4.69, 9.17) is 18.6 Å². The van der Waals surface area contributed by atoms with E-state index < -0.39 is 0 Å². The van der Waals surface area contributed by atoms with E-state index in [1.807, 2.05) is 38.1 Å². The first-order chi connectivity index (χ1) is 11.2. The molecular weight excluding hydrogens is 298 g/mol. The summed E-state index contributed by atoms with van der Waals surface area (Å²) >= 11 is 0. The van der Waals surface area contributed by atoms with Crippen molar-refractivity contribution >= 4 is 16.9 Å². The van der Waals surface area contributed by atoms with Crippen molar-refractivity contribution in [3.05, 3.63) is 30.0 Å². The molecule has 0 spiro atoms. The van der Waals surface area contributed by atoms with Crippen molar-refractivity contribution in [2.75, 3.05) is 33.5 Å². The minimum Gasteiger partial charge on any atom is -0.490 e. The van der Waals surface area contributed by atoms with Crippen molar-refractivity contribution in [2.24, 2.45) is 0 Å². The molecule has 126 valence electrons. The highest BCUT2D eigenvalue weighted by Crippen LogP contribution is 2.31. The smallest absolute Gasteiger partial charge is 0.246 e. The van der Waals surface area contributed by atoms with E-state index in [1.54, 1.807) is 7.11 Å². The molecule has 1 heterocycles. The largest absolute Gasteiger partial charge is 0.490 e. The fourth-order valence-corrected chi connectivity index (χ4v) is 2.20. The van der Waals surface area contributed by atoms with Gasteiger partial charge in [-0.05, 0) is 26.0 Å². The second kappa shape index (κ2) is 8.55. The molecule has 6 nitrogen and oxygen atoms in total. The number of methoxy groups -OCH3 is 1. The Morgan fingerprint density at radius 1 is 1.35 bits per heavy atom. The van der Waals surface area contributed by atoms with Gasteiger partial charge in [0.15, 0.2) is 11.3 Å². The maximum atomic E-state index is 11.8. The van der Waals surface area contributed by atoms with Gasteiger partial charge in [0, 0.05) is 12.5 Å². The zero-order valence-electron chi connectivity index (χ0n) is 13.8. The summed E-state index contributed by atoms with van der Waals surface area (Å²) in [5.74, 6) is 1.19. The van der Waals surface area contributed by atoms with Gasteiger partial charge in [0.2, 0.25) is 5.91 Å². The summed E-state index contributed by atoms with van der Waals surface area (Å²) in [7, 11) is 1.59. The van der Waals surface area contributed by atoms with Crippen LogP contribution < -0.4 is 10.1 Å². The molecule has 1 atom stereocenters. The minimum atomic E-state index is -0.254. The number of carbonyl (C=O) groups is 1. The number of hydrogen-bond acceptors (Lipinski definition) is 5. The molecule has 0 aliphatic rings. The van der Waals surface area contributed by atoms with Gasteiger partial charge in [-0.15, -0.1) is 0 Å². The predicted octanol–water partition coefficient (Wildman–Crippen LogP) is 2.67. The molecule has 0 saturated carbocycles. The van der Waals surface area contributed by atoms with Crippen LogP contribution in [0.25, 0.3) is 11.0 Å². The zero-order chi connectivity index (χ0) is 16.7. The van der Waals surface area contributed by atoms with Crippen molar-refractivity contribution in [3.8, 4) is 5.75 Å². The Morgan fingerprint density at radius 3 is 2.91 bits per heavy atom. The van der Waals surface area contributed by atoms with E-state index >= 15 is 0 Å². The van der Waals surface area contributed by atoms with Gasteiger partial charge in [-0.25, -0.2) is 0 Å². The first-order valence-corrected chi connectivity index (χ1v) is 7.67. The Kier molecular flexibility index (Phi) is 6.43. The Labute approximate surface area is 135 Å². The van der Waals surface area contributed by atoms with E-state index in [1.165, 1.54) is 0 Å². The molecule has 1 aromatic heterocycles. The number of fused-ring (bicyclic) bond motifs is 1.